The van der Waals surface area contributed by atoms with Gasteiger partial charge in [-0.25, -0.2) is 10.5 Å². The number of rotatable bonds is 0. The Balaban J connectivity index is 0. The van der Waals surface area contributed by atoms with Gasteiger partial charge in [-0.3, -0.25) is 0 Å². The third-order valence-electron chi connectivity index (χ3n) is 1.94. The predicted molar refractivity (Wildman–Crippen MR) is 64.4 cm³/mol. The molecular weight excluding hydrogens is 222 g/mol. The van der Waals surface area contributed by atoms with Gasteiger partial charge in [-0.2, -0.15) is 0 Å². The van der Waals surface area contributed by atoms with Crippen LogP contribution in [0.1, 0.15) is 22.3 Å². The summed E-state index contributed by atoms with van der Waals surface area (Å²) in [5, 5.41) is 4.96. The zero-order valence-corrected chi connectivity index (χ0v) is 11.6. The van der Waals surface area contributed by atoms with Crippen LogP contribution in [0, 0.1) is 36.2 Å². The van der Waals surface area contributed by atoms with Crippen LogP contribution in [0.5, 0.6) is 0 Å². The van der Waals surface area contributed by atoms with Gasteiger partial charge in [-0.15, -0.1) is 0 Å². The number of hydrogen-bond donors (Lipinski definition) is 0. The summed E-state index contributed by atoms with van der Waals surface area (Å²) in [7, 11) is 0. The van der Waals surface area contributed by atoms with Gasteiger partial charge < -0.3 is 25.3 Å². The zero-order chi connectivity index (χ0) is 10.6. The first-order chi connectivity index (χ1) is 6.69. The summed E-state index contributed by atoms with van der Waals surface area (Å²) in [6.45, 7) is 3.98. The van der Waals surface area contributed by atoms with Gasteiger partial charge in [-0.05, 0) is 37.1 Å². The molecule has 0 aliphatic rings. The molecule has 1 aromatic carbocycles. The van der Waals surface area contributed by atoms with Gasteiger partial charge in [0.05, 0.1) is 0 Å². The quantitative estimate of drug-likeness (QED) is 0.253. The van der Waals surface area contributed by atoms with E-state index in [-0.39, 0.29) is 37.7 Å². The van der Waals surface area contributed by atoms with Crippen molar-refractivity contribution in [1.29, 1.82) is 0 Å². The van der Waals surface area contributed by atoms with Gasteiger partial charge in [0, 0.05) is 11.1 Å². The van der Waals surface area contributed by atoms with E-state index in [1.165, 1.54) is 0 Å². The molecule has 0 saturated carbocycles. The molecule has 0 fully saturated rings. The Hall–Kier alpha value is -0.0252. The molecule has 0 bridgehead atoms. The first kappa shape index (κ1) is 18.3. The van der Waals surface area contributed by atoms with E-state index in [9.17, 15) is 0 Å². The smallest absolute Gasteiger partial charge is 0.724 e. The number of hydrogen-bond acceptors (Lipinski definition) is 2. The topological polar surface area (TPSA) is 0 Å². The average Bonchev–Trinajstić information content (AvgIpc) is 2.14. The van der Waals surface area contributed by atoms with Crippen LogP contribution in [0.2, 0.25) is 0 Å². The molecular formula is C12H8Li2S2. The maximum atomic E-state index is 4.62. The van der Waals surface area contributed by atoms with Crippen molar-refractivity contribution in [3.63, 3.8) is 0 Å². The SMILES string of the molecule is Cc1cc(C#C[S-])c(C)cc1C#C[S-].[Li+].[Li+]. The first-order valence-electron chi connectivity index (χ1n) is 4.06. The summed E-state index contributed by atoms with van der Waals surface area (Å²) in [6.07, 6.45) is 0. The molecule has 0 unspecified atom stereocenters. The maximum Gasteiger partial charge on any atom is 1.00 e. The monoisotopic (exact) mass is 230 g/mol. The van der Waals surface area contributed by atoms with Crippen LogP contribution in [0.15, 0.2) is 12.1 Å². The molecule has 16 heavy (non-hydrogen) atoms. The Morgan fingerprint density at radius 2 is 1.12 bits per heavy atom. The van der Waals surface area contributed by atoms with E-state index in [0.717, 1.165) is 22.3 Å². The van der Waals surface area contributed by atoms with Crippen LogP contribution >= 0.6 is 0 Å². The molecule has 4 heteroatoms. The van der Waals surface area contributed by atoms with Crippen molar-refractivity contribution in [1.82, 2.24) is 0 Å². The van der Waals surface area contributed by atoms with Crippen LogP contribution in [-0.2, 0) is 25.3 Å². The number of aryl methyl sites for hydroxylation is 2. The Bertz CT molecular complexity index is 428. The van der Waals surface area contributed by atoms with E-state index in [2.05, 4.69) is 47.6 Å². The Labute approximate surface area is 133 Å². The van der Waals surface area contributed by atoms with Gasteiger partial charge in [0.25, 0.3) is 0 Å². The summed E-state index contributed by atoms with van der Waals surface area (Å²) >= 11 is 9.23. The fourth-order valence-corrected chi connectivity index (χ4v) is 1.42. The second-order valence-corrected chi connectivity index (χ2v) is 3.34. The molecule has 0 aromatic heterocycles. The summed E-state index contributed by atoms with van der Waals surface area (Å²) in [4.78, 5) is 0. The fourth-order valence-electron chi connectivity index (χ4n) is 1.20. The Morgan fingerprint density at radius 1 is 0.812 bits per heavy atom. The van der Waals surface area contributed by atoms with Crippen molar-refractivity contribution in [3.8, 4) is 22.3 Å². The van der Waals surface area contributed by atoms with Crippen molar-refractivity contribution in [2.45, 2.75) is 13.8 Å². The predicted octanol–water partition coefficient (Wildman–Crippen LogP) is -3.98. The normalized spacial score (nSPS) is 7.12. The molecule has 0 N–H and O–H groups in total. The van der Waals surface area contributed by atoms with E-state index >= 15 is 0 Å². The van der Waals surface area contributed by atoms with Crippen molar-refractivity contribution in [2.24, 2.45) is 0 Å². The average molecular weight is 230 g/mol. The summed E-state index contributed by atoms with van der Waals surface area (Å²) in [6, 6.07) is 3.98. The van der Waals surface area contributed by atoms with E-state index in [1.807, 2.05) is 26.0 Å². The van der Waals surface area contributed by atoms with Crippen LogP contribution < -0.4 is 37.7 Å². The molecule has 0 spiro atoms. The van der Waals surface area contributed by atoms with Gasteiger partial charge in [0.2, 0.25) is 0 Å². The largest absolute Gasteiger partial charge is 1.00 e. The third-order valence-corrected chi connectivity index (χ3v) is 2.15. The minimum Gasteiger partial charge on any atom is -0.724 e. The summed E-state index contributed by atoms with van der Waals surface area (Å²) in [5.74, 6) is 5.75. The van der Waals surface area contributed by atoms with Crippen molar-refractivity contribution < 1.29 is 37.7 Å². The first-order valence-corrected chi connectivity index (χ1v) is 4.88. The van der Waals surface area contributed by atoms with Gasteiger partial charge in [0.1, 0.15) is 0 Å². The van der Waals surface area contributed by atoms with Crippen LogP contribution in [0.4, 0.5) is 0 Å². The van der Waals surface area contributed by atoms with Crippen LogP contribution in [-0.4, -0.2) is 0 Å². The second-order valence-electron chi connectivity index (χ2n) is 2.94. The molecule has 0 nitrogen and oxygen atoms in total. The van der Waals surface area contributed by atoms with Crippen molar-refractivity contribution in [2.75, 3.05) is 0 Å². The van der Waals surface area contributed by atoms with Crippen LogP contribution in [0.25, 0.3) is 0 Å². The van der Waals surface area contributed by atoms with E-state index in [1.54, 1.807) is 0 Å². The van der Waals surface area contributed by atoms with Crippen molar-refractivity contribution in [3.05, 3.63) is 34.4 Å². The molecule has 1 aromatic rings. The molecule has 0 radical (unpaired) electrons. The molecule has 1 rings (SSSR count). The standard InChI is InChI=1S/C12H10S2.2Li/c1-9-7-12(4-6-14)10(2)8-11(9)3-5-13;;/h7-8,13-14H,1-2H3;;/q;2*+1/p-2. The molecule has 0 saturated heterocycles. The molecule has 0 heterocycles. The minimum atomic E-state index is 0. The molecule has 0 atom stereocenters. The van der Waals surface area contributed by atoms with Gasteiger partial charge in [0.15, 0.2) is 0 Å². The van der Waals surface area contributed by atoms with Gasteiger partial charge in [-0.1, -0.05) is 11.8 Å². The Kier molecular flexibility index (Phi) is 10.4. The van der Waals surface area contributed by atoms with E-state index in [4.69, 9.17) is 0 Å². The van der Waals surface area contributed by atoms with Crippen LogP contribution in [0.3, 0.4) is 0 Å². The van der Waals surface area contributed by atoms with E-state index < -0.39 is 0 Å². The van der Waals surface area contributed by atoms with E-state index in [0.29, 0.717) is 0 Å². The number of benzene rings is 1. The zero-order valence-electron chi connectivity index (χ0n) is 9.97. The van der Waals surface area contributed by atoms with Crippen molar-refractivity contribution >= 4 is 25.3 Å². The molecule has 0 amide bonds. The summed E-state index contributed by atoms with van der Waals surface area (Å²) in [5.41, 5.74) is 4.10. The summed E-state index contributed by atoms with van der Waals surface area (Å²) < 4.78 is 0. The Morgan fingerprint density at radius 3 is 1.38 bits per heavy atom. The fraction of sp³-hybridized carbons (Fsp3) is 0.167. The minimum absolute atomic E-state index is 0. The van der Waals surface area contributed by atoms with Gasteiger partial charge >= 0.3 is 37.7 Å². The molecule has 70 valence electrons. The molecule has 0 aliphatic heterocycles. The molecule has 0 aliphatic carbocycles. The third kappa shape index (κ3) is 4.87. The maximum absolute atomic E-state index is 4.62. The second kappa shape index (κ2) is 9.05.